The Morgan fingerprint density at radius 1 is 1.26 bits per heavy atom. The highest BCUT2D eigenvalue weighted by atomic mass is 35.5. The van der Waals surface area contributed by atoms with Crippen molar-refractivity contribution >= 4 is 50.2 Å². The summed E-state index contributed by atoms with van der Waals surface area (Å²) in [4.78, 5) is 3.90. The summed E-state index contributed by atoms with van der Waals surface area (Å²) in [6, 6.07) is 5.03. The van der Waals surface area contributed by atoms with Crippen molar-refractivity contribution in [3.05, 3.63) is 38.9 Å². The number of halogens is 2. The van der Waals surface area contributed by atoms with Gasteiger partial charge in [-0.05, 0) is 31.5 Å². The number of aryl methyl sites for hydroxylation is 1. The van der Waals surface area contributed by atoms with Crippen molar-refractivity contribution in [3.8, 4) is 0 Å². The third-order valence-corrected chi connectivity index (χ3v) is 6.13. The molecular weight excluding hydrogens is 327 g/mol. The first kappa shape index (κ1) is 14.6. The average Bonchev–Trinajstić information content (AvgIpc) is 2.65. The molecule has 1 N–H and O–H groups in total. The molecule has 0 bridgehead atoms. The molecule has 4 nitrogen and oxygen atoms in total. The van der Waals surface area contributed by atoms with Crippen LogP contribution in [0.15, 0.2) is 22.4 Å². The maximum atomic E-state index is 12.3. The molecule has 0 atom stereocenters. The van der Waals surface area contributed by atoms with Gasteiger partial charge in [0.2, 0.25) is 0 Å². The van der Waals surface area contributed by atoms with Crippen LogP contribution >= 0.6 is 34.5 Å². The molecule has 19 heavy (non-hydrogen) atoms. The zero-order valence-electron chi connectivity index (χ0n) is 10.1. The van der Waals surface area contributed by atoms with Crippen molar-refractivity contribution in [2.75, 3.05) is 4.72 Å². The number of hydrogen-bond acceptors (Lipinski definition) is 4. The van der Waals surface area contributed by atoms with E-state index in [1.54, 1.807) is 32.0 Å². The summed E-state index contributed by atoms with van der Waals surface area (Å²) in [6.07, 6.45) is 0. The normalized spacial score (nSPS) is 11.6. The van der Waals surface area contributed by atoms with Gasteiger partial charge in [-0.2, -0.15) is 0 Å². The average molecular weight is 337 g/mol. The van der Waals surface area contributed by atoms with E-state index in [2.05, 4.69) is 9.71 Å². The predicted octanol–water partition coefficient (Wildman–Crippen LogP) is 3.87. The summed E-state index contributed by atoms with van der Waals surface area (Å²) >= 11 is 12.6. The Morgan fingerprint density at radius 2 is 1.95 bits per heavy atom. The van der Waals surface area contributed by atoms with Crippen LogP contribution in [0.1, 0.15) is 11.3 Å². The molecule has 0 fully saturated rings. The number of benzene rings is 1. The Hall–Kier alpha value is -0.820. The number of rotatable bonds is 3. The molecule has 0 aliphatic carbocycles. The fourth-order valence-corrected chi connectivity index (χ4v) is 4.55. The van der Waals surface area contributed by atoms with Crippen LogP contribution in [0.2, 0.25) is 9.49 Å². The second-order valence-electron chi connectivity index (χ2n) is 3.86. The van der Waals surface area contributed by atoms with Crippen LogP contribution in [0.5, 0.6) is 0 Å². The molecule has 2 aromatic rings. The Bertz CT molecular complexity index is 726. The van der Waals surface area contributed by atoms with E-state index < -0.39 is 10.0 Å². The maximum absolute atomic E-state index is 12.3. The number of thiazole rings is 1. The molecule has 0 radical (unpaired) electrons. The van der Waals surface area contributed by atoms with E-state index in [4.69, 9.17) is 23.2 Å². The molecule has 0 saturated carbocycles. The zero-order chi connectivity index (χ0) is 14.2. The van der Waals surface area contributed by atoms with Crippen LogP contribution in [-0.2, 0) is 10.0 Å². The lowest BCUT2D eigenvalue weighted by Gasteiger charge is -2.10. The predicted molar refractivity (Wildman–Crippen MR) is 78.9 cm³/mol. The molecule has 1 heterocycles. The number of aromatic nitrogens is 1. The molecule has 1 aromatic heterocycles. The molecule has 0 unspecified atom stereocenters. The first-order valence-corrected chi connectivity index (χ1v) is 8.27. The maximum Gasteiger partial charge on any atom is 0.273 e. The van der Waals surface area contributed by atoms with Crippen LogP contribution in [0, 0.1) is 13.8 Å². The lowest BCUT2D eigenvalue weighted by atomic mass is 10.2. The number of nitrogens with zero attached hydrogens (tertiary/aromatic N) is 1. The molecule has 0 aliphatic heterocycles. The molecule has 0 spiro atoms. The molecule has 0 saturated heterocycles. The van der Waals surface area contributed by atoms with Crippen molar-refractivity contribution in [2.24, 2.45) is 0 Å². The first-order valence-electron chi connectivity index (χ1n) is 5.22. The van der Waals surface area contributed by atoms with Gasteiger partial charge in [0.1, 0.15) is 0 Å². The lowest BCUT2D eigenvalue weighted by molar-refractivity contribution is 0.602. The van der Waals surface area contributed by atoms with E-state index >= 15 is 0 Å². The topological polar surface area (TPSA) is 59.1 Å². The van der Waals surface area contributed by atoms with Crippen molar-refractivity contribution in [2.45, 2.75) is 18.1 Å². The van der Waals surface area contributed by atoms with Gasteiger partial charge >= 0.3 is 0 Å². The van der Waals surface area contributed by atoms with Gasteiger partial charge in [-0.15, -0.1) is 0 Å². The minimum Gasteiger partial charge on any atom is -0.279 e. The minimum atomic E-state index is -3.70. The smallest absolute Gasteiger partial charge is 0.273 e. The summed E-state index contributed by atoms with van der Waals surface area (Å²) in [5.74, 6) is 0. The number of nitrogens with one attached hydrogen (secondary N) is 1. The molecular formula is C11H10Cl2N2O2S2. The van der Waals surface area contributed by atoms with Gasteiger partial charge in [0.05, 0.1) is 11.4 Å². The summed E-state index contributed by atoms with van der Waals surface area (Å²) < 4.78 is 27.3. The largest absolute Gasteiger partial charge is 0.279 e. The van der Waals surface area contributed by atoms with Gasteiger partial charge in [0.15, 0.2) is 8.68 Å². The summed E-state index contributed by atoms with van der Waals surface area (Å²) in [7, 11) is -3.70. The minimum absolute atomic E-state index is 0.108. The van der Waals surface area contributed by atoms with Gasteiger partial charge in [0.25, 0.3) is 10.0 Å². The fraction of sp³-hybridized carbons (Fsp3) is 0.182. The monoisotopic (exact) mass is 336 g/mol. The Kier molecular flexibility index (Phi) is 4.06. The van der Waals surface area contributed by atoms with E-state index in [9.17, 15) is 8.42 Å². The van der Waals surface area contributed by atoms with Gasteiger partial charge in [-0.3, -0.25) is 4.72 Å². The molecule has 2 rings (SSSR count). The number of hydrogen-bond donors (Lipinski definition) is 1. The quantitative estimate of drug-likeness (QED) is 0.925. The van der Waals surface area contributed by atoms with Crippen molar-refractivity contribution < 1.29 is 8.42 Å². The standard InChI is InChI=1S/C11H10Cl2N2O2S2/c1-6-8(12)4-3-5-9(6)15-19(16,17)10-7(2)14-11(13)18-10/h3-5,15H,1-2H3. The Labute approximate surface area is 125 Å². The SMILES string of the molecule is Cc1nc(Cl)sc1S(=O)(=O)Nc1cccc(Cl)c1C. The zero-order valence-corrected chi connectivity index (χ0v) is 13.2. The molecule has 0 aliphatic rings. The van der Waals surface area contributed by atoms with Gasteiger partial charge in [-0.25, -0.2) is 13.4 Å². The van der Waals surface area contributed by atoms with E-state index in [1.165, 1.54) is 0 Å². The molecule has 8 heteroatoms. The molecule has 0 amide bonds. The van der Waals surface area contributed by atoms with Crippen molar-refractivity contribution in [1.82, 2.24) is 4.98 Å². The number of sulfonamides is 1. The van der Waals surface area contributed by atoms with E-state index in [0.717, 1.165) is 11.3 Å². The van der Waals surface area contributed by atoms with Crippen LogP contribution in [0.4, 0.5) is 5.69 Å². The Balaban J connectivity index is 2.42. The van der Waals surface area contributed by atoms with Crippen molar-refractivity contribution in [1.29, 1.82) is 0 Å². The Morgan fingerprint density at radius 3 is 2.53 bits per heavy atom. The molecule has 1 aromatic carbocycles. The van der Waals surface area contributed by atoms with Crippen LogP contribution in [0.25, 0.3) is 0 Å². The van der Waals surface area contributed by atoms with Gasteiger partial charge in [0, 0.05) is 5.02 Å². The second kappa shape index (κ2) is 5.28. The third kappa shape index (κ3) is 3.02. The van der Waals surface area contributed by atoms with E-state index in [-0.39, 0.29) is 8.68 Å². The summed E-state index contributed by atoms with van der Waals surface area (Å²) in [5, 5.41) is 0.499. The van der Waals surface area contributed by atoms with E-state index in [1.807, 2.05) is 0 Å². The van der Waals surface area contributed by atoms with Gasteiger partial charge in [-0.1, -0.05) is 40.6 Å². The summed E-state index contributed by atoms with van der Waals surface area (Å²) in [6.45, 7) is 3.34. The molecule has 102 valence electrons. The highest BCUT2D eigenvalue weighted by Crippen LogP contribution is 2.30. The van der Waals surface area contributed by atoms with Gasteiger partial charge < -0.3 is 0 Å². The van der Waals surface area contributed by atoms with Crippen LogP contribution in [-0.4, -0.2) is 13.4 Å². The highest BCUT2D eigenvalue weighted by molar-refractivity contribution is 7.94. The lowest BCUT2D eigenvalue weighted by Crippen LogP contribution is -2.13. The first-order chi connectivity index (χ1) is 8.81. The highest BCUT2D eigenvalue weighted by Gasteiger charge is 2.22. The van der Waals surface area contributed by atoms with E-state index in [0.29, 0.717) is 22.0 Å². The summed E-state index contributed by atoms with van der Waals surface area (Å²) in [5.41, 5.74) is 1.49. The third-order valence-electron chi connectivity index (χ3n) is 2.48. The van der Waals surface area contributed by atoms with Crippen LogP contribution in [0.3, 0.4) is 0 Å². The fourth-order valence-electron chi connectivity index (χ4n) is 1.51. The second-order valence-corrected chi connectivity index (χ2v) is 7.72. The number of anilines is 1. The van der Waals surface area contributed by atoms with Crippen molar-refractivity contribution in [3.63, 3.8) is 0 Å². The van der Waals surface area contributed by atoms with Crippen LogP contribution < -0.4 is 4.72 Å².